The first-order valence-electron chi connectivity index (χ1n) is 8.96. The maximum Gasteiger partial charge on any atom is 0.268 e. The highest BCUT2D eigenvalue weighted by molar-refractivity contribution is 7.98. The fraction of sp³-hybridized carbons (Fsp3) is 0.0476. The first kappa shape index (κ1) is 19.0. The predicted octanol–water partition coefficient (Wildman–Crippen LogP) is 5.44. The molecule has 0 amide bonds. The topological polar surface area (TPSA) is 73.8 Å². The highest BCUT2D eigenvalue weighted by atomic mass is 35.5. The highest BCUT2D eigenvalue weighted by Crippen LogP contribution is 2.27. The zero-order chi connectivity index (χ0) is 20.5. The summed E-state index contributed by atoms with van der Waals surface area (Å²) in [5, 5.41) is 7.62. The van der Waals surface area contributed by atoms with Crippen LogP contribution in [0.1, 0.15) is 5.82 Å². The van der Waals surface area contributed by atoms with Crippen LogP contribution in [0.15, 0.2) is 80.5 Å². The summed E-state index contributed by atoms with van der Waals surface area (Å²) in [5.74, 6) is 1.42. The Morgan fingerprint density at radius 1 is 1.07 bits per heavy atom. The van der Waals surface area contributed by atoms with Gasteiger partial charge in [0.15, 0.2) is 11.0 Å². The van der Waals surface area contributed by atoms with Crippen molar-refractivity contribution in [2.45, 2.75) is 10.9 Å². The summed E-state index contributed by atoms with van der Waals surface area (Å²) in [5.41, 5.74) is 1.13. The van der Waals surface area contributed by atoms with Crippen molar-refractivity contribution < 1.29 is 4.52 Å². The summed E-state index contributed by atoms with van der Waals surface area (Å²) in [4.78, 5) is 23.3. The van der Waals surface area contributed by atoms with Gasteiger partial charge < -0.3 is 4.52 Å². The van der Waals surface area contributed by atoms with Gasteiger partial charge in [-0.1, -0.05) is 52.8 Å². The second kappa shape index (κ2) is 8.06. The minimum Gasteiger partial charge on any atom is -0.333 e. The monoisotopic (exact) mass is 452 g/mol. The molecule has 30 heavy (non-hydrogen) atoms. The molecule has 9 heteroatoms. The molecular formula is C21H13ClN4O2S2. The molecule has 3 aromatic heterocycles. The van der Waals surface area contributed by atoms with E-state index in [0.29, 0.717) is 44.2 Å². The summed E-state index contributed by atoms with van der Waals surface area (Å²) >= 11 is 9.07. The van der Waals surface area contributed by atoms with Crippen molar-refractivity contribution in [2.75, 3.05) is 0 Å². The van der Waals surface area contributed by atoms with Crippen LogP contribution in [0.4, 0.5) is 0 Å². The van der Waals surface area contributed by atoms with Crippen molar-refractivity contribution in [1.82, 2.24) is 19.7 Å². The number of hydrogen-bond donors (Lipinski definition) is 0. The van der Waals surface area contributed by atoms with Gasteiger partial charge in [-0.15, -0.1) is 11.3 Å². The molecule has 0 spiro atoms. The number of halogens is 1. The quantitative estimate of drug-likeness (QED) is 0.261. The van der Waals surface area contributed by atoms with E-state index in [1.165, 1.54) is 23.1 Å². The summed E-state index contributed by atoms with van der Waals surface area (Å²) < 4.78 is 6.92. The molecule has 0 fully saturated rings. The third kappa shape index (κ3) is 3.65. The minimum absolute atomic E-state index is 0.155. The smallest absolute Gasteiger partial charge is 0.268 e. The Bertz CT molecular complexity index is 1400. The van der Waals surface area contributed by atoms with E-state index >= 15 is 0 Å². The molecule has 0 aliphatic carbocycles. The number of aromatic nitrogens is 4. The normalized spacial score (nSPS) is 11.2. The maximum absolute atomic E-state index is 13.3. The Morgan fingerprint density at radius 2 is 1.97 bits per heavy atom. The van der Waals surface area contributed by atoms with E-state index in [4.69, 9.17) is 21.1 Å². The van der Waals surface area contributed by atoms with Crippen LogP contribution in [0.5, 0.6) is 0 Å². The van der Waals surface area contributed by atoms with Crippen LogP contribution in [-0.4, -0.2) is 19.7 Å². The van der Waals surface area contributed by atoms with Crippen LogP contribution in [0.2, 0.25) is 5.02 Å². The molecule has 0 aliphatic heterocycles. The molecule has 0 saturated heterocycles. The Balaban J connectivity index is 1.54. The number of para-hydroxylation sites is 1. The lowest BCUT2D eigenvalue weighted by molar-refractivity contribution is 0.426. The average molecular weight is 453 g/mol. The van der Waals surface area contributed by atoms with Gasteiger partial charge in [0.05, 0.1) is 27.2 Å². The third-order valence-corrected chi connectivity index (χ3v) is 6.37. The van der Waals surface area contributed by atoms with Gasteiger partial charge >= 0.3 is 0 Å². The molecular weight excluding hydrogens is 440 g/mol. The Kier molecular flexibility index (Phi) is 5.12. The molecule has 0 bridgehead atoms. The van der Waals surface area contributed by atoms with Crippen LogP contribution < -0.4 is 5.56 Å². The molecule has 0 atom stereocenters. The molecule has 5 aromatic rings. The van der Waals surface area contributed by atoms with Crippen LogP contribution in [0.3, 0.4) is 0 Å². The number of hydrogen-bond acceptors (Lipinski definition) is 7. The molecule has 148 valence electrons. The van der Waals surface area contributed by atoms with E-state index in [1.54, 1.807) is 28.8 Å². The van der Waals surface area contributed by atoms with Gasteiger partial charge in [0.1, 0.15) is 0 Å². The second-order valence-corrected chi connectivity index (χ2v) is 8.64. The molecule has 5 rings (SSSR count). The lowest BCUT2D eigenvalue weighted by Gasteiger charge is -2.13. The lowest BCUT2D eigenvalue weighted by atomic mass is 10.2. The molecule has 3 heterocycles. The van der Waals surface area contributed by atoms with E-state index in [0.717, 1.165) is 4.88 Å². The van der Waals surface area contributed by atoms with Crippen molar-refractivity contribution in [3.8, 4) is 16.5 Å². The second-order valence-electron chi connectivity index (χ2n) is 6.31. The SMILES string of the molecule is O=c1c2ccccc2nc(SCc2noc(-c3cccs3)n2)n1-c1cccc(Cl)c1. The van der Waals surface area contributed by atoms with Gasteiger partial charge in [-0.2, -0.15) is 4.98 Å². The average Bonchev–Trinajstić information content (AvgIpc) is 3.44. The third-order valence-electron chi connectivity index (χ3n) is 4.34. The number of fused-ring (bicyclic) bond motifs is 1. The van der Waals surface area contributed by atoms with E-state index in [2.05, 4.69) is 10.1 Å². The minimum atomic E-state index is -0.155. The van der Waals surface area contributed by atoms with Gasteiger partial charge in [-0.25, -0.2) is 4.98 Å². The van der Waals surface area contributed by atoms with Gasteiger partial charge in [0, 0.05) is 5.02 Å². The maximum atomic E-state index is 13.3. The molecule has 0 unspecified atom stereocenters. The van der Waals surface area contributed by atoms with Crippen molar-refractivity contribution in [2.24, 2.45) is 0 Å². The molecule has 6 nitrogen and oxygen atoms in total. The van der Waals surface area contributed by atoms with E-state index in [9.17, 15) is 4.79 Å². The van der Waals surface area contributed by atoms with Crippen LogP contribution in [0.25, 0.3) is 27.4 Å². The zero-order valence-corrected chi connectivity index (χ0v) is 17.7. The zero-order valence-electron chi connectivity index (χ0n) is 15.4. The van der Waals surface area contributed by atoms with Crippen molar-refractivity contribution in [3.05, 3.63) is 87.2 Å². The fourth-order valence-electron chi connectivity index (χ4n) is 2.99. The number of benzene rings is 2. The van der Waals surface area contributed by atoms with Gasteiger partial charge in [-0.05, 0) is 41.8 Å². The van der Waals surface area contributed by atoms with E-state index in [1.807, 2.05) is 41.8 Å². The van der Waals surface area contributed by atoms with E-state index in [-0.39, 0.29) is 5.56 Å². The summed E-state index contributed by atoms with van der Waals surface area (Å²) in [6.45, 7) is 0. The molecule has 0 N–H and O–H groups in total. The lowest BCUT2D eigenvalue weighted by Crippen LogP contribution is -2.21. The van der Waals surface area contributed by atoms with Gasteiger partial charge in [0.25, 0.3) is 11.4 Å². The predicted molar refractivity (Wildman–Crippen MR) is 120 cm³/mol. The number of thiophene rings is 1. The van der Waals surface area contributed by atoms with Gasteiger partial charge in [0.2, 0.25) is 0 Å². The first-order valence-corrected chi connectivity index (χ1v) is 11.2. The molecule has 0 radical (unpaired) electrons. The Hall–Kier alpha value is -2.94. The summed E-state index contributed by atoms with van der Waals surface area (Å²) in [6, 6.07) is 18.3. The summed E-state index contributed by atoms with van der Waals surface area (Å²) in [6.07, 6.45) is 0. The first-order chi connectivity index (χ1) is 14.7. The van der Waals surface area contributed by atoms with Crippen LogP contribution in [-0.2, 0) is 5.75 Å². The van der Waals surface area contributed by atoms with Crippen molar-refractivity contribution in [3.63, 3.8) is 0 Å². The van der Waals surface area contributed by atoms with E-state index < -0.39 is 0 Å². The Labute approximate surface area is 184 Å². The van der Waals surface area contributed by atoms with Crippen molar-refractivity contribution in [1.29, 1.82) is 0 Å². The summed E-state index contributed by atoms with van der Waals surface area (Å²) in [7, 11) is 0. The highest BCUT2D eigenvalue weighted by Gasteiger charge is 2.16. The largest absolute Gasteiger partial charge is 0.333 e. The molecule has 0 aliphatic rings. The van der Waals surface area contributed by atoms with Gasteiger partial charge in [-0.3, -0.25) is 9.36 Å². The molecule has 0 saturated carbocycles. The molecule has 2 aromatic carbocycles. The van der Waals surface area contributed by atoms with Crippen molar-refractivity contribution >= 4 is 45.6 Å². The number of rotatable bonds is 5. The van der Waals surface area contributed by atoms with Crippen LogP contribution in [0, 0.1) is 0 Å². The number of thioether (sulfide) groups is 1. The number of nitrogens with zero attached hydrogens (tertiary/aromatic N) is 4. The fourth-order valence-corrected chi connectivity index (χ4v) is 4.68. The Morgan fingerprint density at radius 3 is 2.80 bits per heavy atom. The standard InChI is InChI=1S/C21H13ClN4O2S2/c22-13-5-3-6-14(11-13)26-20(27)15-7-1-2-8-16(15)23-21(26)30-12-18-24-19(28-25-18)17-9-4-10-29-17/h1-11H,12H2. The van der Waals surface area contributed by atoms with Crippen LogP contribution >= 0.6 is 34.7 Å².